The number of oxazole rings is 1. The van der Waals surface area contributed by atoms with E-state index in [2.05, 4.69) is 15.6 Å². The van der Waals surface area contributed by atoms with Crippen molar-refractivity contribution >= 4 is 6.03 Å². The first-order valence-corrected chi connectivity index (χ1v) is 5.21. The first-order chi connectivity index (χ1) is 7.26. The zero-order chi connectivity index (χ0) is 11.1. The number of rotatable bonds is 5. The SMILES string of the molecule is CCCNC(=O)NCc1ncc(CC)o1. The normalized spacial score (nSPS) is 10.0. The van der Waals surface area contributed by atoms with Crippen molar-refractivity contribution in [3.63, 3.8) is 0 Å². The average molecular weight is 211 g/mol. The molecule has 1 rings (SSSR count). The summed E-state index contributed by atoms with van der Waals surface area (Å²) in [5.74, 6) is 1.37. The zero-order valence-electron chi connectivity index (χ0n) is 9.17. The van der Waals surface area contributed by atoms with E-state index in [0.29, 0.717) is 19.0 Å². The molecule has 5 heteroatoms. The molecule has 0 aliphatic heterocycles. The van der Waals surface area contributed by atoms with E-state index >= 15 is 0 Å². The zero-order valence-corrected chi connectivity index (χ0v) is 9.17. The smallest absolute Gasteiger partial charge is 0.315 e. The number of hydrogen-bond donors (Lipinski definition) is 2. The predicted octanol–water partition coefficient (Wildman–Crippen LogP) is 1.45. The van der Waals surface area contributed by atoms with Crippen LogP contribution in [0.3, 0.4) is 0 Å². The highest BCUT2D eigenvalue weighted by Gasteiger charge is 2.04. The molecule has 0 fully saturated rings. The molecule has 0 aromatic carbocycles. The number of aromatic nitrogens is 1. The summed E-state index contributed by atoms with van der Waals surface area (Å²) in [5, 5.41) is 5.37. The fourth-order valence-corrected chi connectivity index (χ4v) is 1.05. The maximum Gasteiger partial charge on any atom is 0.315 e. The van der Waals surface area contributed by atoms with Crippen LogP contribution in [-0.2, 0) is 13.0 Å². The Labute approximate surface area is 89.3 Å². The molecule has 0 unspecified atom stereocenters. The fraction of sp³-hybridized carbons (Fsp3) is 0.600. The Hall–Kier alpha value is -1.52. The molecule has 2 amide bonds. The second kappa shape index (κ2) is 6.06. The summed E-state index contributed by atoms with van der Waals surface area (Å²) in [4.78, 5) is 15.2. The van der Waals surface area contributed by atoms with E-state index in [-0.39, 0.29) is 6.03 Å². The van der Waals surface area contributed by atoms with Crippen molar-refractivity contribution in [1.29, 1.82) is 0 Å². The number of nitrogens with one attached hydrogen (secondary N) is 2. The summed E-state index contributed by atoms with van der Waals surface area (Å²) >= 11 is 0. The Balaban J connectivity index is 2.27. The molecule has 84 valence electrons. The molecule has 0 saturated carbocycles. The van der Waals surface area contributed by atoms with Gasteiger partial charge in [-0.15, -0.1) is 0 Å². The molecule has 15 heavy (non-hydrogen) atoms. The van der Waals surface area contributed by atoms with Crippen LogP contribution in [0.2, 0.25) is 0 Å². The number of nitrogens with zero attached hydrogens (tertiary/aromatic N) is 1. The van der Waals surface area contributed by atoms with Gasteiger partial charge in [0.25, 0.3) is 0 Å². The van der Waals surface area contributed by atoms with Crippen LogP contribution in [0, 0.1) is 0 Å². The van der Waals surface area contributed by atoms with Crippen molar-refractivity contribution in [3.05, 3.63) is 17.8 Å². The number of hydrogen-bond acceptors (Lipinski definition) is 3. The topological polar surface area (TPSA) is 67.2 Å². The van der Waals surface area contributed by atoms with Crippen LogP contribution in [-0.4, -0.2) is 17.6 Å². The Morgan fingerprint density at radius 3 is 2.87 bits per heavy atom. The van der Waals surface area contributed by atoms with Gasteiger partial charge in [0.15, 0.2) is 0 Å². The largest absolute Gasteiger partial charge is 0.444 e. The van der Waals surface area contributed by atoms with Gasteiger partial charge in [0.1, 0.15) is 5.76 Å². The Kier molecular flexibility index (Phi) is 4.66. The molecule has 0 radical (unpaired) electrons. The van der Waals surface area contributed by atoms with E-state index in [1.54, 1.807) is 6.20 Å². The lowest BCUT2D eigenvalue weighted by Gasteiger charge is -2.03. The summed E-state index contributed by atoms with van der Waals surface area (Å²) < 4.78 is 5.33. The highest BCUT2D eigenvalue weighted by molar-refractivity contribution is 5.73. The van der Waals surface area contributed by atoms with E-state index in [0.717, 1.165) is 18.6 Å². The third-order valence-corrected chi connectivity index (χ3v) is 1.89. The van der Waals surface area contributed by atoms with E-state index in [1.165, 1.54) is 0 Å². The first-order valence-electron chi connectivity index (χ1n) is 5.21. The van der Waals surface area contributed by atoms with E-state index in [9.17, 15) is 4.79 Å². The number of carbonyl (C=O) groups excluding carboxylic acids is 1. The number of carbonyl (C=O) groups is 1. The quantitative estimate of drug-likeness (QED) is 0.774. The van der Waals surface area contributed by atoms with Gasteiger partial charge in [-0.2, -0.15) is 0 Å². The van der Waals surface area contributed by atoms with Gasteiger partial charge < -0.3 is 15.1 Å². The lowest BCUT2D eigenvalue weighted by molar-refractivity contribution is 0.239. The van der Waals surface area contributed by atoms with Gasteiger partial charge >= 0.3 is 6.03 Å². The van der Waals surface area contributed by atoms with Crippen LogP contribution in [0.15, 0.2) is 10.6 Å². The number of amides is 2. The minimum Gasteiger partial charge on any atom is -0.444 e. The van der Waals surface area contributed by atoms with Crippen molar-refractivity contribution < 1.29 is 9.21 Å². The summed E-state index contributed by atoms with van der Waals surface area (Å²) in [6, 6.07) is -0.187. The van der Waals surface area contributed by atoms with Gasteiger partial charge in [-0.05, 0) is 6.42 Å². The standard InChI is InChI=1S/C10H17N3O2/c1-3-5-11-10(14)13-7-9-12-6-8(4-2)15-9/h6H,3-5,7H2,1-2H3,(H2,11,13,14). The highest BCUT2D eigenvalue weighted by atomic mass is 16.4. The highest BCUT2D eigenvalue weighted by Crippen LogP contribution is 2.03. The molecule has 0 spiro atoms. The van der Waals surface area contributed by atoms with Gasteiger partial charge in [0, 0.05) is 13.0 Å². The van der Waals surface area contributed by atoms with Crippen molar-refractivity contribution in [2.45, 2.75) is 33.2 Å². The summed E-state index contributed by atoms with van der Waals surface area (Å²) in [6.45, 7) is 5.00. The minimum absolute atomic E-state index is 0.187. The van der Waals surface area contributed by atoms with Gasteiger partial charge in [0.2, 0.25) is 5.89 Å². The monoisotopic (exact) mass is 211 g/mol. The summed E-state index contributed by atoms with van der Waals surface area (Å²) in [7, 11) is 0. The van der Waals surface area contributed by atoms with Crippen molar-refractivity contribution in [3.8, 4) is 0 Å². The minimum atomic E-state index is -0.187. The molecule has 1 aromatic rings. The molecule has 2 N–H and O–H groups in total. The van der Waals surface area contributed by atoms with Crippen LogP contribution in [0.1, 0.15) is 31.9 Å². The molecule has 1 aromatic heterocycles. The van der Waals surface area contributed by atoms with Gasteiger partial charge in [-0.1, -0.05) is 13.8 Å². The second-order valence-electron chi connectivity index (χ2n) is 3.18. The Morgan fingerprint density at radius 1 is 1.47 bits per heavy atom. The molecular weight excluding hydrogens is 194 g/mol. The van der Waals surface area contributed by atoms with Crippen LogP contribution in [0.25, 0.3) is 0 Å². The fourth-order valence-electron chi connectivity index (χ4n) is 1.05. The molecule has 0 aliphatic rings. The predicted molar refractivity (Wildman–Crippen MR) is 56.4 cm³/mol. The number of urea groups is 1. The van der Waals surface area contributed by atoms with E-state index in [1.807, 2.05) is 13.8 Å². The maximum atomic E-state index is 11.2. The van der Waals surface area contributed by atoms with Gasteiger partial charge in [-0.3, -0.25) is 0 Å². The van der Waals surface area contributed by atoms with E-state index < -0.39 is 0 Å². The first kappa shape index (κ1) is 11.6. The van der Waals surface area contributed by atoms with Crippen LogP contribution in [0.4, 0.5) is 4.79 Å². The molecule has 0 saturated heterocycles. The van der Waals surface area contributed by atoms with Crippen LogP contribution in [0.5, 0.6) is 0 Å². The van der Waals surface area contributed by atoms with Crippen LogP contribution < -0.4 is 10.6 Å². The van der Waals surface area contributed by atoms with Crippen molar-refractivity contribution in [2.75, 3.05) is 6.54 Å². The second-order valence-corrected chi connectivity index (χ2v) is 3.18. The van der Waals surface area contributed by atoms with Crippen LogP contribution >= 0.6 is 0 Å². The Bertz CT molecular complexity index is 309. The summed E-state index contributed by atoms with van der Waals surface area (Å²) in [5.41, 5.74) is 0. The summed E-state index contributed by atoms with van der Waals surface area (Å²) in [6.07, 6.45) is 3.42. The molecular formula is C10H17N3O2. The lowest BCUT2D eigenvalue weighted by atomic mass is 10.4. The van der Waals surface area contributed by atoms with Crippen molar-refractivity contribution in [2.24, 2.45) is 0 Å². The van der Waals surface area contributed by atoms with Crippen molar-refractivity contribution in [1.82, 2.24) is 15.6 Å². The average Bonchev–Trinajstić information content (AvgIpc) is 2.71. The molecule has 0 aliphatic carbocycles. The molecule has 0 atom stereocenters. The third kappa shape index (κ3) is 4.01. The molecule has 5 nitrogen and oxygen atoms in total. The lowest BCUT2D eigenvalue weighted by Crippen LogP contribution is -2.35. The maximum absolute atomic E-state index is 11.2. The van der Waals surface area contributed by atoms with E-state index in [4.69, 9.17) is 4.42 Å². The Morgan fingerprint density at radius 2 is 2.27 bits per heavy atom. The van der Waals surface area contributed by atoms with Gasteiger partial charge in [-0.25, -0.2) is 9.78 Å². The molecule has 0 bridgehead atoms. The number of aryl methyl sites for hydroxylation is 1. The molecule has 1 heterocycles. The third-order valence-electron chi connectivity index (χ3n) is 1.89. The van der Waals surface area contributed by atoms with Gasteiger partial charge in [0.05, 0.1) is 12.7 Å².